The fourth-order valence-electron chi connectivity index (χ4n) is 3.18. The number of thioether (sulfide) groups is 3. The minimum absolute atomic E-state index is 0.548. The molecule has 0 aliphatic carbocycles. The molecule has 9 heteroatoms. The Balaban J connectivity index is 1.66. The van der Waals surface area contributed by atoms with E-state index in [0.29, 0.717) is 69.4 Å². The zero-order valence-corrected chi connectivity index (χ0v) is 20.1. The van der Waals surface area contributed by atoms with Crippen LogP contribution in [0.25, 0.3) is 0 Å². The molecule has 2 heterocycles. The fraction of sp³-hybridized carbons (Fsp3) is 0.889. The van der Waals surface area contributed by atoms with Crippen molar-refractivity contribution in [3.8, 4) is 0 Å². The third-order valence-corrected chi connectivity index (χ3v) is 9.79. The predicted octanol–water partition coefficient (Wildman–Crippen LogP) is 4.92. The zero-order chi connectivity index (χ0) is 19.5. The van der Waals surface area contributed by atoms with Crippen molar-refractivity contribution in [2.24, 2.45) is 0 Å². The van der Waals surface area contributed by atoms with E-state index in [2.05, 4.69) is 11.8 Å². The molecule has 2 bridgehead atoms. The Kier molecular flexibility index (Phi) is 12.3. The van der Waals surface area contributed by atoms with Crippen LogP contribution in [-0.2, 0) is 18.9 Å². The standard InChI is InChI=1S/C18H30O4S5/c1-3-19-9-11-21-17(23)26-15-7-5-14-16(8-6-13(15)25-14)27-18(24)22-12-10-20-4-2/h13-16H,3-12H2,1-2H3. The summed E-state index contributed by atoms with van der Waals surface area (Å²) in [5, 5.41) is 2.44. The molecule has 27 heavy (non-hydrogen) atoms. The second-order valence-corrected chi connectivity index (χ2v) is 11.4. The summed E-state index contributed by atoms with van der Waals surface area (Å²) < 4.78 is 23.2. The highest BCUT2D eigenvalue weighted by Gasteiger charge is 2.40. The van der Waals surface area contributed by atoms with E-state index < -0.39 is 0 Å². The molecule has 0 saturated carbocycles. The van der Waals surface area contributed by atoms with Gasteiger partial charge in [0.15, 0.2) is 0 Å². The van der Waals surface area contributed by atoms with E-state index in [4.69, 9.17) is 43.4 Å². The van der Waals surface area contributed by atoms with Crippen molar-refractivity contribution >= 4 is 68.5 Å². The van der Waals surface area contributed by atoms with Gasteiger partial charge in [-0.15, -0.1) is 0 Å². The van der Waals surface area contributed by atoms with E-state index in [1.165, 1.54) is 25.7 Å². The lowest BCUT2D eigenvalue weighted by Gasteiger charge is -2.43. The summed E-state index contributed by atoms with van der Waals surface area (Å²) in [6.45, 7) is 7.70. The molecule has 2 saturated heterocycles. The Labute approximate surface area is 186 Å². The lowest BCUT2D eigenvalue weighted by molar-refractivity contribution is 0.109. The minimum atomic E-state index is 0.548. The van der Waals surface area contributed by atoms with Crippen molar-refractivity contribution in [3.05, 3.63) is 0 Å². The van der Waals surface area contributed by atoms with Gasteiger partial charge in [-0.1, -0.05) is 23.5 Å². The van der Waals surface area contributed by atoms with Gasteiger partial charge in [-0.3, -0.25) is 0 Å². The van der Waals surface area contributed by atoms with Crippen LogP contribution in [0.3, 0.4) is 0 Å². The second kappa shape index (κ2) is 13.9. The monoisotopic (exact) mass is 470 g/mol. The first kappa shape index (κ1) is 24.0. The van der Waals surface area contributed by atoms with E-state index in [0.717, 1.165) is 0 Å². The first-order valence-corrected chi connectivity index (χ1v) is 13.1. The first-order valence-electron chi connectivity index (χ1n) is 9.61. The Morgan fingerprint density at radius 2 is 1.22 bits per heavy atom. The average molecular weight is 471 g/mol. The smallest absolute Gasteiger partial charge is 0.220 e. The molecule has 0 N–H and O–H groups in total. The molecule has 4 unspecified atom stereocenters. The molecule has 4 nitrogen and oxygen atoms in total. The van der Waals surface area contributed by atoms with Gasteiger partial charge in [0.05, 0.1) is 13.2 Å². The van der Waals surface area contributed by atoms with Gasteiger partial charge in [0.25, 0.3) is 0 Å². The Bertz CT molecular complexity index is 425. The quantitative estimate of drug-likeness (QED) is 0.326. The maximum absolute atomic E-state index is 5.63. The molecular formula is C18H30O4S5. The van der Waals surface area contributed by atoms with E-state index >= 15 is 0 Å². The molecule has 2 rings (SSSR count). The molecule has 0 amide bonds. The molecule has 0 radical (unpaired) electrons. The van der Waals surface area contributed by atoms with Crippen molar-refractivity contribution in [2.45, 2.75) is 60.5 Å². The Morgan fingerprint density at radius 3 is 1.63 bits per heavy atom. The summed E-state index contributed by atoms with van der Waals surface area (Å²) in [7, 11) is 0. The molecule has 2 fully saturated rings. The normalized spacial score (nSPS) is 27.2. The van der Waals surface area contributed by atoms with E-state index in [1.54, 1.807) is 23.5 Å². The maximum atomic E-state index is 5.63. The van der Waals surface area contributed by atoms with Crippen LogP contribution >= 0.6 is 59.7 Å². The third-order valence-electron chi connectivity index (χ3n) is 4.45. The van der Waals surface area contributed by atoms with Gasteiger partial charge >= 0.3 is 0 Å². The molecule has 2 aliphatic rings. The molecule has 0 aromatic heterocycles. The predicted molar refractivity (Wildman–Crippen MR) is 126 cm³/mol. The Hall–Kier alpha value is 0.750. The topological polar surface area (TPSA) is 36.9 Å². The molecule has 0 aromatic carbocycles. The number of thiocarbonyl (C=S) groups is 2. The van der Waals surface area contributed by atoms with Gasteiger partial charge in [-0.05, 0) is 64.0 Å². The van der Waals surface area contributed by atoms with Gasteiger partial charge < -0.3 is 18.9 Å². The first-order chi connectivity index (χ1) is 13.1. The molecule has 4 atom stereocenters. The van der Waals surface area contributed by atoms with Gasteiger partial charge in [0.2, 0.25) is 8.77 Å². The molecule has 0 aromatic rings. The van der Waals surface area contributed by atoms with Crippen LogP contribution in [0.5, 0.6) is 0 Å². The maximum Gasteiger partial charge on any atom is 0.220 e. The number of ether oxygens (including phenoxy) is 4. The number of hydrogen-bond donors (Lipinski definition) is 0. The molecular weight excluding hydrogens is 441 g/mol. The van der Waals surface area contributed by atoms with Crippen LogP contribution < -0.4 is 0 Å². The van der Waals surface area contributed by atoms with Crippen LogP contribution in [0.15, 0.2) is 0 Å². The second-order valence-electron chi connectivity index (χ2n) is 6.27. The summed E-state index contributed by atoms with van der Waals surface area (Å²) in [4.78, 5) is 0. The van der Waals surface area contributed by atoms with Crippen molar-refractivity contribution < 1.29 is 18.9 Å². The largest absolute Gasteiger partial charge is 0.476 e. The van der Waals surface area contributed by atoms with Gasteiger partial charge in [-0.25, -0.2) is 0 Å². The van der Waals surface area contributed by atoms with Crippen molar-refractivity contribution in [3.63, 3.8) is 0 Å². The van der Waals surface area contributed by atoms with E-state index in [1.807, 2.05) is 13.8 Å². The zero-order valence-electron chi connectivity index (χ0n) is 16.1. The number of fused-ring (bicyclic) bond motifs is 2. The highest BCUT2D eigenvalue weighted by molar-refractivity contribution is 8.24. The summed E-state index contributed by atoms with van der Waals surface area (Å²) in [6.07, 6.45) is 4.80. The van der Waals surface area contributed by atoms with E-state index in [9.17, 15) is 0 Å². The summed E-state index contributed by atoms with van der Waals surface area (Å²) in [6, 6.07) is 0. The fourth-order valence-corrected chi connectivity index (χ4v) is 8.30. The average Bonchev–Trinajstić information content (AvgIpc) is 2.67. The summed E-state index contributed by atoms with van der Waals surface area (Å²) in [5.74, 6) is 0. The SMILES string of the molecule is CCOCCOC(=S)SC1CCC2SC1CCC2SC(=S)OCCOCC. The lowest BCUT2D eigenvalue weighted by Crippen LogP contribution is -2.40. The minimum Gasteiger partial charge on any atom is -0.476 e. The number of hydrogen-bond acceptors (Lipinski definition) is 9. The van der Waals surface area contributed by atoms with Crippen molar-refractivity contribution in [2.75, 3.05) is 39.6 Å². The molecule has 2 aliphatic heterocycles. The third kappa shape index (κ3) is 8.97. The number of rotatable bonds is 10. The molecule has 156 valence electrons. The van der Waals surface area contributed by atoms with Crippen molar-refractivity contribution in [1.29, 1.82) is 0 Å². The van der Waals surface area contributed by atoms with Gasteiger partial charge in [0, 0.05) is 34.2 Å². The van der Waals surface area contributed by atoms with Crippen LogP contribution in [0, 0.1) is 0 Å². The summed E-state index contributed by atoms with van der Waals surface area (Å²) >= 11 is 16.4. The lowest BCUT2D eigenvalue weighted by atomic mass is 9.98. The van der Waals surface area contributed by atoms with Gasteiger partial charge in [0.1, 0.15) is 13.2 Å². The molecule has 0 spiro atoms. The van der Waals surface area contributed by atoms with Gasteiger partial charge in [-0.2, -0.15) is 11.8 Å². The summed E-state index contributed by atoms with van der Waals surface area (Å²) in [5.41, 5.74) is 0. The van der Waals surface area contributed by atoms with Crippen LogP contribution in [0.4, 0.5) is 0 Å². The van der Waals surface area contributed by atoms with Crippen LogP contribution in [0.2, 0.25) is 0 Å². The van der Waals surface area contributed by atoms with E-state index in [-0.39, 0.29) is 0 Å². The Morgan fingerprint density at radius 1 is 0.778 bits per heavy atom. The van der Waals surface area contributed by atoms with Crippen LogP contribution in [0.1, 0.15) is 39.5 Å². The highest BCUT2D eigenvalue weighted by Crippen LogP contribution is 2.49. The van der Waals surface area contributed by atoms with Crippen LogP contribution in [-0.4, -0.2) is 69.4 Å². The van der Waals surface area contributed by atoms with Crippen molar-refractivity contribution in [1.82, 2.24) is 0 Å². The highest BCUT2D eigenvalue weighted by atomic mass is 32.2.